The predicted molar refractivity (Wildman–Crippen MR) is 86.1 cm³/mol. The monoisotopic (exact) mass is 309 g/mol. The van der Waals surface area contributed by atoms with Gasteiger partial charge in [0.15, 0.2) is 11.6 Å². The van der Waals surface area contributed by atoms with Gasteiger partial charge in [0.05, 0.1) is 6.07 Å². The summed E-state index contributed by atoms with van der Waals surface area (Å²) in [5, 5.41) is 9.33. The van der Waals surface area contributed by atoms with E-state index in [1.54, 1.807) is 0 Å². The molecule has 0 saturated heterocycles. The number of carbonyl (C=O) groups excluding carboxylic acids is 2. The molecule has 6 atom stereocenters. The molecule has 4 aliphatic carbocycles. The van der Waals surface area contributed by atoms with Crippen LogP contribution in [0.2, 0.25) is 0 Å². The molecule has 0 radical (unpaired) electrons. The lowest BCUT2D eigenvalue weighted by Gasteiger charge is -2.54. The van der Waals surface area contributed by atoms with E-state index in [9.17, 15) is 14.9 Å². The highest BCUT2D eigenvalue weighted by Gasteiger charge is 2.60. The van der Waals surface area contributed by atoms with Crippen molar-refractivity contribution in [2.24, 2.45) is 34.5 Å². The first-order valence-corrected chi connectivity index (χ1v) is 8.77. The van der Waals surface area contributed by atoms with Crippen molar-refractivity contribution in [1.82, 2.24) is 0 Å². The minimum atomic E-state index is -0.421. The van der Waals surface area contributed by atoms with E-state index in [-0.39, 0.29) is 28.3 Å². The van der Waals surface area contributed by atoms with Gasteiger partial charge in [0.2, 0.25) is 0 Å². The van der Waals surface area contributed by atoms with Crippen LogP contribution in [0.25, 0.3) is 0 Å². The van der Waals surface area contributed by atoms with Crippen molar-refractivity contribution in [3.8, 4) is 6.07 Å². The van der Waals surface area contributed by atoms with Gasteiger partial charge in [-0.05, 0) is 60.5 Å². The number of allylic oxidation sites excluding steroid dienone is 4. The molecule has 0 unspecified atom stereocenters. The third-order valence-electron chi connectivity index (χ3n) is 7.43. The lowest BCUT2D eigenvalue weighted by molar-refractivity contribution is -0.131. The van der Waals surface area contributed by atoms with Crippen LogP contribution >= 0.6 is 0 Å². The summed E-state index contributed by atoms with van der Waals surface area (Å²) < 4.78 is 0. The number of carbonyl (C=O) groups is 2. The molecular weight excluding hydrogens is 286 g/mol. The second kappa shape index (κ2) is 4.66. The van der Waals surface area contributed by atoms with Crippen LogP contribution in [0.4, 0.5) is 0 Å². The Bertz CT molecular complexity index is 697. The average molecular weight is 309 g/mol. The van der Waals surface area contributed by atoms with Crippen LogP contribution in [0.1, 0.15) is 46.0 Å². The van der Waals surface area contributed by atoms with E-state index in [0.717, 1.165) is 19.3 Å². The molecule has 120 valence electrons. The van der Waals surface area contributed by atoms with Crippen molar-refractivity contribution in [3.63, 3.8) is 0 Å². The summed E-state index contributed by atoms with van der Waals surface area (Å²) in [4.78, 5) is 24.5. The molecule has 0 heterocycles. The number of ketones is 2. The van der Waals surface area contributed by atoms with E-state index in [1.165, 1.54) is 5.57 Å². The quantitative estimate of drug-likeness (QED) is 0.687. The van der Waals surface area contributed by atoms with Gasteiger partial charge in [0, 0.05) is 11.8 Å². The molecule has 3 heteroatoms. The maximum absolute atomic E-state index is 12.7. The number of hydrogen-bond donors (Lipinski definition) is 0. The Morgan fingerprint density at radius 2 is 1.96 bits per heavy atom. The van der Waals surface area contributed by atoms with Crippen LogP contribution in [-0.2, 0) is 9.59 Å². The Morgan fingerprint density at radius 3 is 2.70 bits per heavy atom. The standard InChI is InChI=1S/C20H23NO2/c1-19-7-5-14(22)10-13(19)3-4-15-16(19)6-8-20(2)17(15)9-12(11-21)18(20)23/h3-4,10,12,15-17H,5-9H2,1-2H3/t12-,15-,16+,17+,19+,20+/m1/s1. The molecule has 0 spiro atoms. The fourth-order valence-corrected chi connectivity index (χ4v) is 5.93. The van der Waals surface area contributed by atoms with Crippen LogP contribution in [-0.4, -0.2) is 11.6 Å². The Labute approximate surface area is 137 Å². The van der Waals surface area contributed by atoms with Crippen LogP contribution in [0.3, 0.4) is 0 Å². The number of fused-ring (bicyclic) bond motifs is 5. The maximum Gasteiger partial charge on any atom is 0.156 e. The van der Waals surface area contributed by atoms with Crippen molar-refractivity contribution in [2.75, 3.05) is 0 Å². The average Bonchev–Trinajstić information content (AvgIpc) is 2.79. The Hall–Kier alpha value is -1.69. The van der Waals surface area contributed by atoms with Crippen LogP contribution in [0, 0.1) is 45.8 Å². The summed E-state index contributed by atoms with van der Waals surface area (Å²) >= 11 is 0. The molecule has 0 N–H and O–H groups in total. The van der Waals surface area contributed by atoms with E-state index in [0.29, 0.717) is 24.7 Å². The molecule has 0 amide bonds. The van der Waals surface area contributed by atoms with E-state index in [1.807, 2.05) is 6.08 Å². The molecular formula is C20H23NO2. The van der Waals surface area contributed by atoms with E-state index >= 15 is 0 Å². The first-order chi connectivity index (χ1) is 10.9. The van der Waals surface area contributed by atoms with Gasteiger partial charge in [-0.3, -0.25) is 9.59 Å². The predicted octanol–water partition coefficient (Wildman–Crippen LogP) is 3.61. The minimum Gasteiger partial charge on any atom is -0.298 e. The van der Waals surface area contributed by atoms with Gasteiger partial charge in [-0.2, -0.15) is 5.26 Å². The zero-order chi connectivity index (χ0) is 16.4. The van der Waals surface area contributed by atoms with Crippen molar-refractivity contribution in [2.45, 2.75) is 46.0 Å². The topological polar surface area (TPSA) is 57.9 Å². The van der Waals surface area contributed by atoms with Gasteiger partial charge in [-0.1, -0.05) is 26.0 Å². The first-order valence-electron chi connectivity index (χ1n) is 8.77. The SMILES string of the molecule is C[C@]12CCC(=O)C=C1C=C[C@@H]1[C@@H]2CC[C@]2(C)C(=O)[C@@H](C#N)C[C@@H]12. The molecule has 2 fully saturated rings. The van der Waals surface area contributed by atoms with Gasteiger partial charge in [-0.15, -0.1) is 0 Å². The van der Waals surface area contributed by atoms with Gasteiger partial charge < -0.3 is 0 Å². The molecule has 2 saturated carbocycles. The molecule has 3 nitrogen and oxygen atoms in total. The van der Waals surface area contributed by atoms with Gasteiger partial charge in [-0.25, -0.2) is 0 Å². The normalized spacial score (nSPS) is 48.1. The molecule has 0 bridgehead atoms. The summed E-state index contributed by atoms with van der Waals surface area (Å²) in [5.74, 6) is 1.13. The van der Waals surface area contributed by atoms with Gasteiger partial charge in [0.1, 0.15) is 5.92 Å². The smallest absolute Gasteiger partial charge is 0.156 e. The number of hydrogen-bond acceptors (Lipinski definition) is 3. The Morgan fingerprint density at radius 1 is 1.17 bits per heavy atom. The van der Waals surface area contributed by atoms with E-state index < -0.39 is 5.92 Å². The zero-order valence-corrected chi connectivity index (χ0v) is 13.8. The lowest BCUT2D eigenvalue weighted by Crippen LogP contribution is -2.49. The van der Waals surface area contributed by atoms with E-state index in [2.05, 4.69) is 32.1 Å². The summed E-state index contributed by atoms with van der Waals surface area (Å²) in [6.45, 7) is 4.38. The molecule has 0 aliphatic heterocycles. The molecule has 4 rings (SSSR count). The highest BCUT2D eigenvalue weighted by Crippen LogP contribution is 2.63. The maximum atomic E-state index is 12.7. The van der Waals surface area contributed by atoms with Gasteiger partial charge in [0.25, 0.3) is 0 Å². The number of rotatable bonds is 0. The third kappa shape index (κ3) is 1.81. The Kier molecular flexibility index (Phi) is 3.01. The first kappa shape index (κ1) is 14.9. The molecule has 23 heavy (non-hydrogen) atoms. The lowest BCUT2D eigenvalue weighted by atomic mass is 9.49. The highest BCUT2D eigenvalue weighted by atomic mass is 16.1. The van der Waals surface area contributed by atoms with Crippen LogP contribution in [0.15, 0.2) is 23.8 Å². The zero-order valence-electron chi connectivity index (χ0n) is 13.8. The van der Waals surface area contributed by atoms with Gasteiger partial charge >= 0.3 is 0 Å². The summed E-state index contributed by atoms with van der Waals surface area (Å²) in [6, 6.07) is 2.23. The molecule has 0 aromatic rings. The number of nitriles is 1. The van der Waals surface area contributed by atoms with Crippen molar-refractivity contribution in [3.05, 3.63) is 23.8 Å². The fourth-order valence-electron chi connectivity index (χ4n) is 5.93. The van der Waals surface area contributed by atoms with Crippen molar-refractivity contribution >= 4 is 11.6 Å². The van der Waals surface area contributed by atoms with Crippen LogP contribution < -0.4 is 0 Å². The summed E-state index contributed by atoms with van der Waals surface area (Å²) in [7, 11) is 0. The van der Waals surface area contributed by atoms with Crippen LogP contribution in [0.5, 0.6) is 0 Å². The fraction of sp³-hybridized carbons (Fsp3) is 0.650. The van der Waals surface area contributed by atoms with E-state index in [4.69, 9.17) is 0 Å². The third-order valence-corrected chi connectivity index (χ3v) is 7.43. The summed E-state index contributed by atoms with van der Waals surface area (Å²) in [6.07, 6.45) is 10.4. The molecule has 0 aromatic carbocycles. The highest BCUT2D eigenvalue weighted by molar-refractivity contribution is 5.93. The molecule has 4 aliphatic rings. The second-order valence-corrected chi connectivity index (χ2v) is 8.37. The largest absolute Gasteiger partial charge is 0.298 e. The van der Waals surface area contributed by atoms with Crippen molar-refractivity contribution in [1.29, 1.82) is 5.26 Å². The summed E-state index contributed by atoms with van der Waals surface area (Å²) in [5.41, 5.74) is 0.913. The Balaban J connectivity index is 1.76. The number of Topliss-reactive ketones (excluding diaryl/α,β-unsaturated/α-hetero) is 1. The van der Waals surface area contributed by atoms with Crippen molar-refractivity contribution < 1.29 is 9.59 Å². The number of nitrogens with zero attached hydrogens (tertiary/aromatic N) is 1. The minimum absolute atomic E-state index is 0.0580. The molecule has 0 aromatic heterocycles. The second-order valence-electron chi connectivity index (χ2n) is 8.37.